The van der Waals surface area contributed by atoms with Crippen LogP contribution in [0.4, 0.5) is 0 Å². The number of thiazole rings is 1. The van der Waals surface area contributed by atoms with Gasteiger partial charge in [0, 0.05) is 12.0 Å². The zero-order chi connectivity index (χ0) is 13.1. The van der Waals surface area contributed by atoms with Gasteiger partial charge in [-0.15, -0.1) is 11.3 Å². The van der Waals surface area contributed by atoms with Crippen molar-refractivity contribution in [3.05, 3.63) is 15.6 Å². The molecule has 1 aromatic rings. The maximum atomic E-state index is 11.8. The highest BCUT2D eigenvalue weighted by atomic mass is 32.1. The normalized spacial score (nSPS) is 19.6. The lowest BCUT2D eigenvalue weighted by molar-refractivity contribution is -0.145. The van der Waals surface area contributed by atoms with E-state index in [2.05, 4.69) is 11.9 Å². The van der Waals surface area contributed by atoms with Crippen molar-refractivity contribution in [2.24, 2.45) is 0 Å². The van der Waals surface area contributed by atoms with Gasteiger partial charge in [0.25, 0.3) is 0 Å². The molecule has 0 bridgehead atoms. The van der Waals surface area contributed by atoms with E-state index in [-0.39, 0.29) is 18.0 Å². The highest BCUT2D eigenvalue weighted by molar-refractivity contribution is 7.11. The predicted octanol–water partition coefficient (Wildman–Crippen LogP) is 2.83. The lowest BCUT2D eigenvalue weighted by Crippen LogP contribution is -2.14. The van der Waals surface area contributed by atoms with Crippen molar-refractivity contribution in [1.82, 2.24) is 4.98 Å². The molecule has 0 amide bonds. The molecule has 1 heterocycles. The van der Waals surface area contributed by atoms with E-state index in [1.54, 1.807) is 18.4 Å². The van der Waals surface area contributed by atoms with E-state index in [4.69, 9.17) is 9.47 Å². The quantitative estimate of drug-likeness (QED) is 0.771. The number of fused-ring (bicyclic) bond motifs is 1. The molecule has 0 N–H and O–H groups in total. The summed E-state index contributed by atoms with van der Waals surface area (Å²) >= 11 is 1.67. The fraction of sp³-hybridized carbons (Fsp3) is 0.692. The summed E-state index contributed by atoms with van der Waals surface area (Å²) in [7, 11) is 1.70. The number of hydrogen-bond acceptors (Lipinski definition) is 5. The molecule has 1 aliphatic carbocycles. The fourth-order valence-corrected chi connectivity index (χ4v) is 3.60. The van der Waals surface area contributed by atoms with Crippen LogP contribution < -0.4 is 0 Å². The van der Waals surface area contributed by atoms with Crippen molar-refractivity contribution >= 4 is 17.3 Å². The monoisotopic (exact) mass is 269 g/mol. The van der Waals surface area contributed by atoms with E-state index in [9.17, 15) is 4.79 Å². The highest BCUT2D eigenvalue weighted by Gasteiger charge is 2.34. The van der Waals surface area contributed by atoms with Crippen LogP contribution >= 0.6 is 11.3 Å². The molecular formula is C13H19NO3S. The first-order chi connectivity index (χ1) is 8.71. The number of hydrogen-bond donors (Lipinski definition) is 0. The van der Waals surface area contributed by atoms with Gasteiger partial charge in [0.2, 0.25) is 0 Å². The summed E-state index contributed by atoms with van der Waals surface area (Å²) in [5.74, 6) is -0.308. The lowest BCUT2D eigenvalue weighted by atomic mass is 10.1. The third-order valence-electron chi connectivity index (χ3n) is 3.24. The number of aromatic nitrogens is 1. The van der Waals surface area contributed by atoms with Gasteiger partial charge < -0.3 is 9.47 Å². The molecule has 0 spiro atoms. The van der Waals surface area contributed by atoms with Crippen molar-refractivity contribution in [1.29, 1.82) is 0 Å². The molecule has 0 saturated heterocycles. The number of nitrogens with zero attached hydrogens (tertiary/aromatic N) is 1. The van der Waals surface area contributed by atoms with Gasteiger partial charge in [0.05, 0.1) is 12.3 Å². The summed E-state index contributed by atoms with van der Waals surface area (Å²) in [4.78, 5) is 17.7. The topological polar surface area (TPSA) is 48.4 Å². The summed E-state index contributed by atoms with van der Waals surface area (Å²) in [6.45, 7) is 4.33. The number of esters is 1. The van der Waals surface area contributed by atoms with Crippen molar-refractivity contribution in [3.8, 4) is 0 Å². The minimum atomic E-state index is -0.167. The highest BCUT2D eigenvalue weighted by Crippen LogP contribution is 2.39. The third-order valence-corrected chi connectivity index (χ3v) is 4.46. The fourth-order valence-electron chi connectivity index (χ4n) is 2.30. The molecule has 4 nitrogen and oxygen atoms in total. The molecule has 0 radical (unpaired) electrons. The van der Waals surface area contributed by atoms with E-state index in [0.717, 1.165) is 30.0 Å². The Labute approximate surface area is 111 Å². The first kappa shape index (κ1) is 13.5. The SMILES string of the molecule is CCOC(=O)C1CCc2sc(C(CC)OC)nc21. The lowest BCUT2D eigenvalue weighted by Gasteiger charge is -2.10. The van der Waals surface area contributed by atoms with Crippen LogP contribution in [0.15, 0.2) is 0 Å². The molecule has 0 fully saturated rings. The van der Waals surface area contributed by atoms with Crippen LogP contribution in [0, 0.1) is 0 Å². The minimum absolute atomic E-state index is 0.0449. The number of carbonyl (C=O) groups excluding carboxylic acids is 1. The number of carbonyl (C=O) groups is 1. The Morgan fingerprint density at radius 2 is 2.33 bits per heavy atom. The molecular weight excluding hydrogens is 250 g/mol. The van der Waals surface area contributed by atoms with Crippen LogP contribution in [0.5, 0.6) is 0 Å². The molecule has 0 saturated carbocycles. The molecule has 100 valence electrons. The van der Waals surface area contributed by atoms with E-state index < -0.39 is 0 Å². The second-order valence-electron chi connectivity index (χ2n) is 4.34. The number of ether oxygens (including phenoxy) is 2. The molecule has 0 aromatic carbocycles. The van der Waals surface area contributed by atoms with E-state index >= 15 is 0 Å². The Kier molecular flexibility index (Phi) is 4.35. The van der Waals surface area contributed by atoms with Crippen molar-refractivity contribution in [3.63, 3.8) is 0 Å². The third kappa shape index (κ3) is 2.42. The van der Waals surface area contributed by atoms with Crippen LogP contribution in [0.1, 0.15) is 54.3 Å². The number of aryl methyl sites for hydroxylation is 1. The summed E-state index contributed by atoms with van der Waals surface area (Å²) in [6.07, 6.45) is 2.70. The van der Waals surface area contributed by atoms with Crippen LogP contribution in [0.2, 0.25) is 0 Å². The van der Waals surface area contributed by atoms with Gasteiger partial charge in [-0.05, 0) is 26.2 Å². The van der Waals surface area contributed by atoms with E-state index in [1.165, 1.54) is 4.88 Å². The summed E-state index contributed by atoms with van der Waals surface area (Å²) in [5, 5.41) is 0.985. The Balaban J connectivity index is 2.20. The van der Waals surface area contributed by atoms with Gasteiger partial charge in [0.1, 0.15) is 17.0 Å². The summed E-state index contributed by atoms with van der Waals surface area (Å²) in [5.41, 5.74) is 0.920. The average molecular weight is 269 g/mol. The molecule has 1 aliphatic rings. The van der Waals surface area contributed by atoms with Crippen LogP contribution in [0.3, 0.4) is 0 Å². The van der Waals surface area contributed by atoms with Crippen molar-refractivity contribution in [2.45, 2.75) is 45.1 Å². The smallest absolute Gasteiger partial charge is 0.315 e. The van der Waals surface area contributed by atoms with Gasteiger partial charge in [-0.25, -0.2) is 4.98 Å². The Morgan fingerprint density at radius 1 is 1.56 bits per heavy atom. The number of rotatable bonds is 5. The van der Waals surface area contributed by atoms with E-state index in [0.29, 0.717) is 6.61 Å². The van der Waals surface area contributed by atoms with Crippen molar-refractivity contribution in [2.75, 3.05) is 13.7 Å². The van der Waals surface area contributed by atoms with Gasteiger partial charge >= 0.3 is 5.97 Å². The largest absolute Gasteiger partial charge is 0.465 e. The minimum Gasteiger partial charge on any atom is -0.465 e. The van der Waals surface area contributed by atoms with Crippen LogP contribution in [-0.4, -0.2) is 24.7 Å². The molecule has 18 heavy (non-hydrogen) atoms. The zero-order valence-electron chi connectivity index (χ0n) is 11.1. The van der Waals surface area contributed by atoms with Crippen molar-refractivity contribution < 1.29 is 14.3 Å². The molecule has 5 heteroatoms. The Morgan fingerprint density at radius 3 is 2.94 bits per heavy atom. The first-order valence-corrected chi connectivity index (χ1v) is 7.21. The van der Waals surface area contributed by atoms with Crippen LogP contribution in [-0.2, 0) is 20.7 Å². The van der Waals surface area contributed by atoms with Crippen LogP contribution in [0.25, 0.3) is 0 Å². The van der Waals surface area contributed by atoms with Gasteiger partial charge in [-0.3, -0.25) is 4.79 Å². The first-order valence-electron chi connectivity index (χ1n) is 6.40. The Bertz CT molecular complexity index is 426. The molecule has 0 aliphatic heterocycles. The molecule has 1 aromatic heterocycles. The van der Waals surface area contributed by atoms with E-state index in [1.807, 2.05) is 6.92 Å². The maximum Gasteiger partial charge on any atom is 0.315 e. The summed E-state index contributed by atoms with van der Waals surface area (Å²) in [6, 6.07) is 0. The number of methoxy groups -OCH3 is 1. The molecule has 2 atom stereocenters. The van der Waals surface area contributed by atoms with Gasteiger partial charge in [-0.2, -0.15) is 0 Å². The second-order valence-corrected chi connectivity index (χ2v) is 5.45. The second kappa shape index (κ2) is 5.80. The zero-order valence-corrected chi connectivity index (χ0v) is 11.9. The predicted molar refractivity (Wildman–Crippen MR) is 69.9 cm³/mol. The molecule has 2 unspecified atom stereocenters. The van der Waals surface area contributed by atoms with Gasteiger partial charge in [0.15, 0.2) is 0 Å². The standard InChI is InChI=1S/C13H19NO3S/c1-4-9(16-3)12-14-11-8(13(15)17-5-2)6-7-10(11)18-12/h8-9H,4-7H2,1-3H3. The summed E-state index contributed by atoms with van der Waals surface area (Å²) < 4.78 is 10.5. The van der Waals surface area contributed by atoms with Gasteiger partial charge in [-0.1, -0.05) is 6.92 Å². The Hall–Kier alpha value is -0.940. The average Bonchev–Trinajstić information content (AvgIpc) is 2.90. The molecule has 2 rings (SSSR count). The maximum absolute atomic E-state index is 11.8.